The van der Waals surface area contributed by atoms with Gasteiger partial charge in [0.15, 0.2) is 6.10 Å². The van der Waals surface area contributed by atoms with Gasteiger partial charge in [-0.15, -0.1) is 0 Å². The van der Waals surface area contributed by atoms with E-state index in [0.717, 1.165) is 32.1 Å². The average Bonchev–Trinajstić information content (AvgIpc) is 3.32. The average molecular weight is 1010 g/mol. The molecule has 0 heterocycles. The molecule has 0 rings (SSSR count). The fourth-order valence-electron chi connectivity index (χ4n) is 9.07. The van der Waals surface area contributed by atoms with E-state index >= 15 is 0 Å². The molecule has 2 atom stereocenters. The molecular weight excluding hydrogens is 894 g/mol. The number of carbonyl (C=O) groups excluding carboxylic acids is 2. The van der Waals surface area contributed by atoms with Crippen LogP contribution >= 0.6 is 7.82 Å². The molecule has 0 bridgehead atoms. The zero-order valence-corrected chi connectivity index (χ0v) is 48.1. The SMILES string of the molecule is CCCCCCCCCC/C=C\CCCCCCCCCCCCCCCCCCCC(=O)OC(COC(=O)CCCCCCCCCCCCCCCCCCC)COP(=O)([O-])OCC[N+](C)(C)C. The number of allylic oxidation sites excluding steroid dienone is 2. The van der Waals surface area contributed by atoms with Gasteiger partial charge in [0.05, 0.1) is 27.7 Å². The van der Waals surface area contributed by atoms with E-state index in [1.807, 2.05) is 21.1 Å². The Hall–Kier alpha value is -1.25. The highest BCUT2D eigenvalue weighted by Gasteiger charge is 2.22. The number of hydrogen-bond donors (Lipinski definition) is 0. The summed E-state index contributed by atoms with van der Waals surface area (Å²) >= 11 is 0. The second-order valence-corrected chi connectivity index (χ2v) is 23.5. The molecule has 0 radical (unpaired) electrons. The van der Waals surface area contributed by atoms with Gasteiger partial charge in [-0.3, -0.25) is 14.2 Å². The number of phosphoric ester groups is 1. The molecule has 0 aromatic rings. The monoisotopic (exact) mass is 1010 g/mol. The Labute approximate surface area is 435 Å². The summed E-state index contributed by atoms with van der Waals surface area (Å²) in [6.07, 6.45) is 61.2. The molecule has 0 amide bonds. The number of unbranched alkanes of at least 4 members (excludes halogenated alkanes) is 41. The van der Waals surface area contributed by atoms with Gasteiger partial charge in [-0.2, -0.15) is 0 Å². The lowest BCUT2D eigenvalue weighted by molar-refractivity contribution is -0.870. The molecule has 0 aliphatic heterocycles. The minimum absolute atomic E-state index is 0.0263. The number of rotatable bonds is 57. The standard InChI is InChI=1S/C60H118NO8P/c1-6-8-10-12-14-16-18-20-22-24-25-26-27-28-29-30-31-32-33-34-35-37-39-41-43-45-47-49-51-53-60(63)69-58(57-68-70(64,65)67-55-54-61(3,4)5)56-66-59(62)52-50-48-46-44-42-40-38-36-23-21-19-17-15-13-11-9-7-2/h24-25,58H,6-23,26-57H2,1-5H3/b25-24-. The molecular formula is C60H118NO8P. The van der Waals surface area contributed by atoms with Crippen LogP contribution in [0.1, 0.15) is 309 Å². The van der Waals surface area contributed by atoms with Crippen molar-refractivity contribution < 1.29 is 42.1 Å². The Bertz CT molecular complexity index is 1190. The van der Waals surface area contributed by atoms with E-state index in [-0.39, 0.29) is 32.0 Å². The van der Waals surface area contributed by atoms with Crippen LogP contribution < -0.4 is 4.89 Å². The third-order valence-electron chi connectivity index (χ3n) is 13.8. The minimum Gasteiger partial charge on any atom is -0.756 e. The van der Waals surface area contributed by atoms with E-state index in [1.54, 1.807) is 0 Å². The molecule has 0 aromatic carbocycles. The van der Waals surface area contributed by atoms with Crippen molar-refractivity contribution in [3.8, 4) is 0 Å². The van der Waals surface area contributed by atoms with Crippen LogP contribution in [0.3, 0.4) is 0 Å². The summed E-state index contributed by atoms with van der Waals surface area (Å²) < 4.78 is 34.2. The number of phosphoric acid groups is 1. The van der Waals surface area contributed by atoms with Crippen molar-refractivity contribution in [1.82, 2.24) is 0 Å². The van der Waals surface area contributed by atoms with Crippen molar-refractivity contribution in [3.63, 3.8) is 0 Å². The first kappa shape index (κ1) is 68.8. The molecule has 0 aliphatic rings. The number of esters is 2. The van der Waals surface area contributed by atoms with Gasteiger partial charge in [-0.1, -0.05) is 270 Å². The smallest absolute Gasteiger partial charge is 0.306 e. The van der Waals surface area contributed by atoms with Gasteiger partial charge in [-0.25, -0.2) is 0 Å². The van der Waals surface area contributed by atoms with Crippen LogP contribution in [0.5, 0.6) is 0 Å². The van der Waals surface area contributed by atoms with Gasteiger partial charge >= 0.3 is 11.9 Å². The van der Waals surface area contributed by atoms with Gasteiger partial charge < -0.3 is 27.9 Å². The number of nitrogens with zero attached hydrogens (tertiary/aromatic N) is 1. The molecule has 70 heavy (non-hydrogen) atoms. The first-order valence-electron chi connectivity index (χ1n) is 30.4. The Morgan fingerprint density at radius 1 is 0.429 bits per heavy atom. The lowest BCUT2D eigenvalue weighted by Gasteiger charge is -2.28. The maximum atomic E-state index is 12.8. The fraction of sp³-hybridized carbons (Fsp3) is 0.933. The highest BCUT2D eigenvalue weighted by molar-refractivity contribution is 7.45. The summed E-state index contributed by atoms with van der Waals surface area (Å²) in [5, 5.41) is 0. The van der Waals surface area contributed by atoms with Gasteiger partial charge in [-0.05, 0) is 38.5 Å². The van der Waals surface area contributed by atoms with E-state index in [4.69, 9.17) is 18.5 Å². The largest absolute Gasteiger partial charge is 0.756 e. The van der Waals surface area contributed by atoms with Gasteiger partial charge in [0.25, 0.3) is 7.82 Å². The zero-order valence-electron chi connectivity index (χ0n) is 47.2. The number of likely N-dealkylation sites (N-methyl/N-ethyl adjacent to an activating group) is 1. The van der Waals surface area contributed by atoms with Crippen LogP contribution in [0.15, 0.2) is 12.2 Å². The fourth-order valence-corrected chi connectivity index (χ4v) is 9.80. The summed E-state index contributed by atoms with van der Waals surface area (Å²) in [6, 6.07) is 0. The summed E-state index contributed by atoms with van der Waals surface area (Å²) in [7, 11) is 1.19. The molecule has 0 spiro atoms. The molecule has 0 saturated heterocycles. The van der Waals surface area contributed by atoms with Crippen molar-refractivity contribution in [2.24, 2.45) is 0 Å². The van der Waals surface area contributed by atoms with Crippen molar-refractivity contribution >= 4 is 19.8 Å². The van der Waals surface area contributed by atoms with E-state index < -0.39 is 26.5 Å². The van der Waals surface area contributed by atoms with Crippen LogP contribution in [0.4, 0.5) is 0 Å². The zero-order chi connectivity index (χ0) is 51.3. The van der Waals surface area contributed by atoms with Crippen molar-refractivity contribution in [2.75, 3.05) is 47.5 Å². The predicted molar refractivity (Wildman–Crippen MR) is 296 cm³/mol. The third-order valence-corrected chi connectivity index (χ3v) is 14.7. The molecule has 416 valence electrons. The maximum absolute atomic E-state index is 12.8. The van der Waals surface area contributed by atoms with Crippen LogP contribution in [-0.4, -0.2) is 70.0 Å². The minimum atomic E-state index is -4.63. The molecule has 2 unspecified atom stereocenters. The normalized spacial score (nSPS) is 13.3. The Morgan fingerprint density at radius 3 is 1.06 bits per heavy atom. The number of ether oxygens (including phenoxy) is 2. The highest BCUT2D eigenvalue weighted by Crippen LogP contribution is 2.38. The van der Waals surface area contributed by atoms with Crippen molar-refractivity contribution in [2.45, 2.75) is 315 Å². The number of quaternary nitrogens is 1. The van der Waals surface area contributed by atoms with Gasteiger partial charge in [0.2, 0.25) is 0 Å². The lowest BCUT2D eigenvalue weighted by atomic mass is 10.0. The molecule has 0 saturated carbocycles. The van der Waals surface area contributed by atoms with E-state index in [0.29, 0.717) is 17.4 Å². The molecule has 0 N–H and O–H groups in total. The van der Waals surface area contributed by atoms with Gasteiger partial charge in [0.1, 0.15) is 19.8 Å². The number of hydrogen-bond acceptors (Lipinski definition) is 8. The van der Waals surface area contributed by atoms with E-state index in [2.05, 4.69) is 26.0 Å². The topological polar surface area (TPSA) is 111 Å². The Morgan fingerprint density at radius 2 is 0.729 bits per heavy atom. The van der Waals surface area contributed by atoms with Crippen LogP contribution in [0, 0.1) is 0 Å². The summed E-state index contributed by atoms with van der Waals surface area (Å²) in [5.74, 6) is -0.812. The lowest BCUT2D eigenvalue weighted by Crippen LogP contribution is -2.37. The second kappa shape index (κ2) is 52.6. The first-order valence-corrected chi connectivity index (χ1v) is 31.9. The van der Waals surface area contributed by atoms with Crippen molar-refractivity contribution in [3.05, 3.63) is 12.2 Å². The Kier molecular flexibility index (Phi) is 51.7. The molecule has 0 aromatic heterocycles. The summed E-state index contributed by atoms with van der Waals surface area (Å²) in [6.45, 7) is 4.30. The molecule has 0 fully saturated rings. The Balaban J connectivity index is 4.04. The number of carbonyl (C=O) groups is 2. The summed E-state index contributed by atoms with van der Waals surface area (Å²) in [5.41, 5.74) is 0. The van der Waals surface area contributed by atoms with Crippen molar-refractivity contribution in [1.29, 1.82) is 0 Å². The first-order chi connectivity index (χ1) is 34.0. The van der Waals surface area contributed by atoms with Crippen LogP contribution in [0.25, 0.3) is 0 Å². The predicted octanol–water partition coefficient (Wildman–Crippen LogP) is 18.2. The van der Waals surface area contributed by atoms with E-state index in [9.17, 15) is 19.0 Å². The van der Waals surface area contributed by atoms with Crippen LogP contribution in [-0.2, 0) is 32.7 Å². The second-order valence-electron chi connectivity index (χ2n) is 22.1. The van der Waals surface area contributed by atoms with Crippen LogP contribution in [0.2, 0.25) is 0 Å². The molecule has 9 nitrogen and oxygen atoms in total. The van der Waals surface area contributed by atoms with Gasteiger partial charge in [0, 0.05) is 12.8 Å². The molecule has 0 aliphatic carbocycles. The third kappa shape index (κ3) is 56.1. The molecule has 10 heteroatoms. The summed E-state index contributed by atoms with van der Waals surface area (Å²) in [4.78, 5) is 37.9. The van der Waals surface area contributed by atoms with E-state index in [1.165, 1.54) is 244 Å². The highest BCUT2D eigenvalue weighted by atomic mass is 31.2. The quantitative estimate of drug-likeness (QED) is 0.0195. The maximum Gasteiger partial charge on any atom is 0.306 e.